The predicted molar refractivity (Wildman–Crippen MR) is 70.5 cm³/mol. The molecular formula is C13H20ClNO2. The van der Waals surface area contributed by atoms with Gasteiger partial charge >= 0.3 is 0 Å². The van der Waals surface area contributed by atoms with Gasteiger partial charge in [0.15, 0.2) is 0 Å². The van der Waals surface area contributed by atoms with E-state index in [1.165, 1.54) is 0 Å². The highest BCUT2D eigenvalue weighted by molar-refractivity contribution is 6.30. The molecule has 0 aliphatic heterocycles. The second-order valence-electron chi connectivity index (χ2n) is 4.88. The van der Waals surface area contributed by atoms with Gasteiger partial charge in [-0.05, 0) is 39.0 Å². The molecule has 0 heterocycles. The van der Waals surface area contributed by atoms with Crippen molar-refractivity contribution in [2.24, 2.45) is 5.73 Å². The van der Waals surface area contributed by atoms with Crippen molar-refractivity contribution >= 4 is 11.6 Å². The van der Waals surface area contributed by atoms with Crippen LogP contribution in [0.25, 0.3) is 0 Å². The van der Waals surface area contributed by atoms with E-state index in [2.05, 4.69) is 0 Å². The molecule has 1 rings (SSSR count). The number of halogens is 1. The van der Waals surface area contributed by atoms with Gasteiger partial charge in [0.25, 0.3) is 0 Å². The fraction of sp³-hybridized carbons (Fsp3) is 0.538. The summed E-state index contributed by atoms with van der Waals surface area (Å²) in [6.07, 6.45) is 0.564. The van der Waals surface area contributed by atoms with Crippen LogP contribution in [0.2, 0.25) is 5.02 Å². The molecule has 0 aliphatic carbocycles. The maximum absolute atomic E-state index is 9.59. The third kappa shape index (κ3) is 4.94. The van der Waals surface area contributed by atoms with E-state index in [9.17, 15) is 5.11 Å². The summed E-state index contributed by atoms with van der Waals surface area (Å²) >= 11 is 5.92. The molecule has 0 spiro atoms. The number of aliphatic hydroxyl groups is 1. The molecule has 96 valence electrons. The lowest BCUT2D eigenvalue weighted by atomic mass is 10.1. The molecule has 1 aromatic carbocycles. The number of benzene rings is 1. The Labute approximate surface area is 108 Å². The van der Waals surface area contributed by atoms with Crippen molar-refractivity contribution in [2.75, 3.05) is 6.61 Å². The first-order valence-electron chi connectivity index (χ1n) is 5.70. The first kappa shape index (κ1) is 14.3. The molecule has 3 N–H and O–H groups in total. The zero-order valence-electron chi connectivity index (χ0n) is 10.5. The number of ether oxygens (including phenoxy) is 1. The molecule has 0 amide bonds. The molecule has 0 radical (unpaired) electrons. The summed E-state index contributed by atoms with van der Waals surface area (Å²) in [5.74, 6) is 0.730. The largest absolute Gasteiger partial charge is 0.493 e. The minimum absolute atomic E-state index is 0.133. The van der Waals surface area contributed by atoms with Crippen LogP contribution in [0, 0.1) is 0 Å². The van der Waals surface area contributed by atoms with Crippen molar-refractivity contribution in [1.29, 1.82) is 0 Å². The molecule has 4 heteroatoms. The standard InChI is InChI=1S/C13H20ClNO2/c1-9(15)11-8-10(14)4-5-12(11)17-7-6-13(2,3)16/h4-5,8-9,16H,6-7,15H2,1-3H3/t9-/m0/s1. The minimum atomic E-state index is -0.721. The molecule has 0 aromatic heterocycles. The number of hydrogen-bond donors (Lipinski definition) is 2. The summed E-state index contributed by atoms with van der Waals surface area (Å²) in [6.45, 7) is 5.84. The lowest BCUT2D eigenvalue weighted by Crippen LogP contribution is -2.22. The fourth-order valence-corrected chi connectivity index (χ4v) is 1.60. The first-order valence-corrected chi connectivity index (χ1v) is 6.07. The van der Waals surface area contributed by atoms with Crippen molar-refractivity contribution in [2.45, 2.75) is 38.8 Å². The summed E-state index contributed by atoms with van der Waals surface area (Å²) in [6, 6.07) is 5.26. The Hall–Kier alpha value is -0.770. The Balaban J connectivity index is 2.70. The van der Waals surface area contributed by atoms with Crippen LogP contribution in [0.5, 0.6) is 5.75 Å². The maximum Gasteiger partial charge on any atom is 0.124 e. The molecule has 1 aromatic rings. The van der Waals surface area contributed by atoms with Crippen LogP contribution < -0.4 is 10.5 Å². The molecule has 0 fully saturated rings. The number of nitrogens with two attached hydrogens (primary N) is 1. The Morgan fingerprint density at radius 2 is 2.12 bits per heavy atom. The second-order valence-corrected chi connectivity index (χ2v) is 5.32. The van der Waals surface area contributed by atoms with Gasteiger partial charge in [-0.15, -0.1) is 0 Å². The summed E-state index contributed by atoms with van der Waals surface area (Å²) in [5, 5.41) is 10.2. The quantitative estimate of drug-likeness (QED) is 0.853. The zero-order chi connectivity index (χ0) is 13.1. The SMILES string of the molecule is C[C@H](N)c1cc(Cl)ccc1OCCC(C)(C)O. The Kier molecular flexibility index (Phi) is 4.80. The van der Waals surface area contributed by atoms with Gasteiger partial charge in [0.05, 0.1) is 12.2 Å². The Morgan fingerprint density at radius 1 is 1.47 bits per heavy atom. The second kappa shape index (κ2) is 5.71. The van der Waals surface area contributed by atoms with E-state index in [1.807, 2.05) is 19.1 Å². The molecule has 0 saturated heterocycles. The zero-order valence-corrected chi connectivity index (χ0v) is 11.3. The highest BCUT2D eigenvalue weighted by atomic mass is 35.5. The fourth-order valence-electron chi connectivity index (χ4n) is 1.42. The van der Waals surface area contributed by atoms with Crippen LogP contribution >= 0.6 is 11.6 Å². The highest BCUT2D eigenvalue weighted by Crippen LogP contribution is 2.27. The summed E-state index contributed by atoms with van der Waals surface area (Å²) in [7, 11) is 0. The highest BCUT2D eigenvalue weighted by Gasteiger charge is 2.14. The predicted octanol–water partition coefficient (Wildman–Crippen LogP) is 2.90. The molecule has 1 atom stereocenters. The van der Waals surface area contributed by atoms with Gasteiger partial charge in [-0.25, -0.2) is 0 Å². The minimum Gasteiger partial charge on any atom is -0.493 e. The van der Waals surface area contributed by atoms with Crippen molar-refractivity contribution in [3.63, 3.8) is 0 Å². The van der Waals surface area contributed by atoms with Crippen LogP contribution in [0.15, 0.2) is 18.2 Å². The summed E-state index contributed by atoms with van der Waals surface area (Å²) in [5.41, 5.74) is 6.01. The topological polar surface area (TPSA) is 55.5 Å². The van der Waals surface area contributed by atoms with E-state index in [0.29, 0.717) is 18.1 Å². The lowest BCUT2D eigenvalue weighted by molar-refractivity contribution is 0.0552. The van der Waals surface area contributed by atoms with Crippen molar-refractivity contribution in [3.8, 4) is 5.75 Å². The van der Waals surface area contributed by atoms with E-state index in [1.54, 1.807) is 19.9 Å². The van der Waals surface area contributed by atoms with Gasteiger partial charge in [0, 0.05) is 23.0 Å². The summed E-state index contributed by atoms with van der Waals surface area (Å²) < 4.78 is 5.63. The molecule has 17 heavy (non-hydrogen) atoms. The van der Waals surface area contributed by atoms with Gasteiger partial charge < -0.3 is 15.6 Å². The Bertz CT molecular complexity index is 372. The third-order valence-electron chi connectivity index (χ3n) is 2.43. The molecule has 0 bridgehead atoms. The van der Waals surface area contributed by atoms with Gasteiger partial charge in [0.1, 0.15) is 5.75 Å². The number of hydrogen-bond acceptors (Lipinski definition) is 3. The number of rotatable bonds is 5. The lowest BCUT2D eigenvalue weighted by Gasteiger charge is -2.19. The average Bonchev–Trinajstić information content (AvgIpc) is 2.18. The molecule has 0 aliphatic rings. The van der Waals surface area contributed by atoms with Crippen molar-refractivity contribution < 1.29 is 9.84 Å². The van der Waals surface area contributed by atoms with Crippen LogP contribution in [-0.2, 0) is 0 Å². The van der Waals surface area contributed by atoms with Gasteiger partial charge in [0.2, 0.25) is 0 Å². The average molecular weight is 258 g/mol. The van der Waals surface area contributed by atoms with Crippen molar-refractivity contribution in [3.05, 3.63) is 28.8 Å². The van der Waals surface area contributed by atoms with Gasteiger partial charge in [-0.3, -0.25) is 0 Å². The van der Waals surface area contributed by atoms with Gasteiger partial charge in [-0.2, -0.15) is 0 Å². The normalized spacial score (nSPS) is 13.5. The van der Waals surface area contributed by atoms with E-state index >= 15 is 0 Å². The molecule has 0 saturated carbocycles. The van der Waals surface area contributed by atoms with E-state index in [0.717, 1.165) is 11.3 Å². The molecule has 3 nitrogen and oxygen atoms in total. The van der Waals surface area contributed by atoms with Crippen LogP contribution in [-0.4, -0.2) is 17.3 Å². The first-order chi connectivity index (χ1) is 7.79. The smallest absolute Gasteiger partial charge is 0.124 e. The van der Waals surface area contributed by atoms with Crippen LogP contribution in [0.3, 0.4) is 0 Å². The summed E-state index contributed by atoms with van der Waals surface area (Å²) in [4.78, 5) is 0. The van der Waals surface area contributed by atoms with E-state index in [-0.39, 0.29) is 6.04 Å². The maximum atomic E-state index is 9.59. The van der Waals surface area contributed by atoms with E-state index < -0.39 is 5.60 Å². The van der Waals surface area contributed by atoms with Crippen LogP contribution in [0.4, 0.5) is 0 Å². The van der Waals surface area contributed by atoms with Gasteiger partial charge in [-0.1, -0.05) is 11.6 Å². The third-order valence-corrected chi connectivity index (χ3v) is 2.67. The van der Waals surface area contributed by atoms with Crippen molar-refractivity contribution in [1.82, 2.24) is 0 Å². The molecular weight excluding hydrogens is 238 g/mol. The monoisotopic (exact) mass is 257 g/mol. The molecule has 0 unspecified atom stereocenters. The van der Waals surface area contributed by atoms with Crippen LogP contribution in [0.1, 0.15) is 38.8 Å². The van der Waals surface area contributed by atoms with E-state index in [4.69, 9.17) is 22.1 Å². The Morgan fingerprint density at radius 3 is 2.65 bits per heavy atom.